The van der Waals surface area contributed by atoms with Crippen LogP contribution in [-0.4, -0.2) is 48.2 Å². The number of carboxylic acids is 1. The van der Waals surface area contributed by atoms with Crippen LogP contribution < -0.4 is 5.32 Å². The van der Waals surface area contributed by atoms with Gasteiger partial charge >= 0.3 is 5.97 Å². The average molecular weight is 244 g/mol. The highest BCUT2D eigenvalue weighted by atomic mass is 16.4. The third-order valence-corrected chi connectivity index (χ3v) is 3.06. The fourth-order valence-electron chi connectivity index (χ4n) is 1.87. The molecule has 0 aromatic rings. The number of carboxylic acid groups (broad SMARTS) is 1. The molecule has 0 aliphatic carbocycles. The second kappa shape index (κ2) is 8.48. The lowest BCUT2D eigenvalue weighted by Crippen LogP contribution is -2.50. The lowest BCUT2D eigenvalue weighted by molar-refractivity contribution is -0.144. The van der Waals surface area contributed by atoms with Crippen molar-refractivity contribution in [1.82, 2.24) is 10.2 Å². The monoisotopic (exact) mass is 244 g/mol. The van der Waals surface area contributed by atoms with E-state index >= 15 is 0 Å². The molecule has 0 aromatic carbocycles. The van der Waals surface area contributed by atoms with Crippen LogP contribution in [0.4, 0.5) is 0 Å². The molecule has 0 rings (SSSR count). The van der Waals surface area contributed by atoms with Crippen molar-refractivity contribution in [2.24, 2.45) is 0 Å². The van der Waals surface area contributed by atoms with Crippen molar-refractivity contribution >= 4 is 5.97 Å². The molecular weight excluding hydrogens is 216 g/mol. The summed E-state index contributed by atoms with van der Waals surface area (Å²) in [6.45, 7) is 8.78. The van der Waals surface area contributed by atoms with E-state index in [9.17, 15) is 9.90 Å². The first kappa shape index (κ1) is 16.4. The first-order valence-corrected chi connectivity index (χ1v) is 6.63. The summed E-state index contributed by atoms with van der Waals surface area (Å²) < 4.78 is 0. The molecular formula is C13H28N2O2. The Morgan fingerprint density at radius 1 is 1.29 bits per heavy atom. The summed E-state index contributed by atoms with van der Waals surface area (Å²) >= 11 is 0. The van der Waals surface area contributed by atoms with Crippen molar-refractivity contribution in [1.29, 1.82) is 0 Å². The Kier molecular flexibility index (Phi) is 8.17. The molecule has 0 spiro atoms. The van der Waals surface area contributed by atoms with Crippen LogP contribution in [0.25, 0.3) is 0 Å². The van der Waals surface area contributed by atoms with Crippen molar-refractivity contribution in [3.05, 3.63) is 0 Å². The van der Waals surface area contributed by atoms with E-state index in [2.05, 4.69) is 24.2 Å². The summed E-state index contributed by atoms with van der Waals surface area (Å²) in [4.78, 5) is 13.5. The van der Waals surface area contributed by atoms with Gasteiger partial charge in [-0.05, 0) is 59.3 Å². The standard InChI is InChI=1S/C13H28N2O2/c1-5-9-14-13(3,12(16)17)8-7-11-15(4)10-6-2/h14H,5-11H2,1-4H3,(H,16,17). The van der Waals surface area contributed by atoms with Crippen LogP contribution >= 0.6 is 0 Å². The highest BCUT2D eigenvalue weighted by Gasteiger charge is 2.31. The van der Waals surface area contributed by atoms with E-state index in [0.29, 0.717) is 6.42 Å². The number of rotatable bonds is 10. The third-order valence-electron chi connectivity index (χ3n) is 3.06. The minimum atomic E-state index is -0.775. The summed E-state index contributed by atoms with van der Waals surface area (Å²) in [5.74, 6) is -0.746. The van der Waals surface area contributed by atoms with E-state index in [4.69, 9.17) is 0 Å². The molecule has 0 aliphatic rings. The van der Waals surface area contributed by atoms with Crippen molar-refractivity contribution in [3.8, 4) is 0 Å². The number of nitrogens with zero attached hydrogens (tertiary/aromatic N) is 1. The second-order valence-electron chi connectivity index (χ2n) is 4.97. The quantitative estimate of drug-likeness (QED) is 0.617. The largest absolute Gasteiger partial charge is 0.480 e. The number of carbonyl (C=O) groups is 1. The molecule has 0 heterocycles. The highest BCUT2D eigenvalue weighted by molar-refractivity contribution is 5.78. The van der Waals surface area contributed by atoms with Gasteiger partial charge in [-0.3, -0.25) is 4.79 Å². The van der Waals surface area contributed by atoms with E-state index < -0.39 is 11.5 Å². The zero-order valence-corrected chi connectivity index (χ0v) is 11.8. The molecule has 0 amide bonds. The van der Waals surface area contributed by atoms with Gasteiger partial charge in [0.1, 0.15) is 5.54 Å². The van der Waals surface area contributed by atoms with Crippen LogP contribution in [0.15, 0.2) is 0 Å². The third kappa shape index (κ3) is 6.64. The first-order chi connectivity index (χ1) is 7.96. The van der Waals surface area contributed by atoms with Gasteiger partial charge in [-0.1, -0.05) is 13.8 Å². The molecule has 0 bridgehead atoms. The second-order valence-corrected chi connectivity index (χ2v) is 4.97. The predicted molar refractivity (Wildman–Crippen MR) is 71.4 cm³/mol. The fraction of sp³-hybridized carbons (Fsp3) is 0.923. The van der Waals surface area contributed by atoms with Crippen LogP contribution in [-0.2, 0) is 4.79 Å². The molecule has 1 unspecified atom stereocenters. The Morgan fingerprint density at radius 3 is 2.41 bits per heavy atom. The lowest BCUT2D eigenvalue weighted by atomic mass is 9.95. The van der Waals surface area contributed by atoms with Crippen LogP contribution in [0.2, 0.25) is 0 Å². The molecule has 2 N–H and O–H groups in total. The molecule has 0 saturated carbocycles. The number of hydrogen-bond donors (Lipinski definition) is 2. The minimum Gasteiger partial charge on any atom is -0.480 e. The van der Waals surface area contributed by atoms with E-state index in [1.807, 2.05) is 6.92 Å². The molecule has 0 radical (unpaired) electrons. The van der Waals surface area contributed by atoms with Gasteiger partial charge in [-0.2, -0.15) is 0 Å². The summed E-state index contributed by atoms with van der Waals surface area (Å²) in [5.41, 5.74) is -0.775. The zero-order chi connectivity index (χ0) is 13.3. The maximum absolute atomic E-state index is 11.3. The Labute approximate surface area is 105 Å². The molecule has 0 aromatic heterocycles. The predicted octanol–water partition coefficient (Wildman–Crippen LogP) is 1.95. The number of hydrogen-bond acceptors (Lipinski definition) is 3. The van der Waals surface area contributed by atoms with Gasteiger partial charge in [-0.25, -0.2) is 0 Å². The lowest BCUT2D eigenvalue weighted by Gasteiger charge is -2.27. The minimum absolute atomic E-state index is 0.677. The van der Waals surface area contributed by atoms with Crippen molar-refractivity contribution in [2.75, 3.05) is 26.7 Å². The number of aliphatic carboxylic acids is 1. The van der Waals surface area contributed by atoms with Crippen molar-refractivity contribution in [2.45, 2.75) is 52.0 Å². The van der Waals surface area contributed by atoms with E-state index in [1.165, 1.54) is 0 Å². The summed E-state index contributed by atoms with van der Waals surface area (Å²) in [5, 5.41) is 12.4. The molecule has 0 saturated heterocycles. The molecule has 102 valence electrons. The fourth-order valence-corrected chi connectivity index (χ4v) is 1.87. The van der Waals surface area contributed by atoms with E-state index in [1.54, 1.807) is 6.92 Å². The SMILES string of the molecule is CCCNC(C)(CCCN(C)CCC)C(=O)O. The smallest absolute Gasteiger partial charge is 0.323 e. The van der Waals surface area contributed by atoms with E-state index in [0.717, 1.165) is 38.9 Å². The highest BCUT2D eigenvalue weighted by Crippen LogP contribution is 2.13. The van der Waals surface area contributed by atoms with Gasteiger partial charge in [0.05, 0.1) is 0 Å². The van der Waals surface area contributed by atoms with Crippen LogP contribution in [0.1, 0.15) is 46.5 Å². The molecule has 4 heteroatoms. The van der Waals surface area contributed by atoms with Crippen LogP contribution in [0, 0.1) is 0 Å². The maximum atomic E-state index is 11.3. The maximum Gasteiger partial charge on any atom is 0.323 e. The van der Waals surface area contributed by atoms with Crippen molar-refractivity contribution in [3.63, 3.8) is 0 Å². The van der Waals surface area contributed by atoms with Gasteiger partial charge < -0.3 is 15.3 Å². The van der Waals surface area contributed by atoms with Gasteiger partial charge in [0.15, 0.2) is 0 Å². The molecule has 0 aliphatic heterocycles. The zero-order valence-electron chi connectivity index (χ0n) is 11.8. The molecule has 4 nitrogen and oxygen atoms in total. The average Bonchev–Trinajstić information content (AvgIpc) is 2.26. The van der Waals surface area contributed by atoms with Crippen LogP contribution in [0.3, 0.4) is 0 Å². The topological polar surface area (TPSA) is 52.6 Å². The molecule has 1 atom stereocenters. The summed E-state index contributed by atoms with van der Waals surface area (Å²) in [6.07, 6.45) is 3.69. The van der Waals surface area contributed by atoms with Gasteiger partial charge in [0.25, 0.3) is 0 Å². The van der Waals surface area contributed by atoms with Gasteiger partial charge in [0.2, 0.25) is 0 Å². The Hall–Kier alpha value is -0.610. The summed E-state index contributed by atoms with van der Waals surface area (Å²) in [7, 11) is 2.08. The Morgan fingerprint density at radius 2 is 1.94 bits per heavy atom. The Bertz CT molecular complexity index is 221. The van der Waals surface area contributed by atoms with Gasteiger partial charge in [0, 0.05) is 0 Å². The van der Waals surface area contributed by atoms with E-state index in [-0.39, 0.29) is 0 Å². The Balaban J connectivity index is 4.04. The van der Waals surface area contributed by atoms with Crippen LogP contribution in [0.5, 0.6) is 0 Å². The summed E-state index contributed by atoms with van der Waals surface area (Å²) in [6, 6.07) is 0. The normalized spacial score (nSPS) is 14.9. The van der Waals surface area contributed by atoms with Gasteiger partial charge in [-0.15, -0.1) is 0 Å². The molecule has 17 heavy (non-hydrogen) atoms. The molecule has 0 fully saturated rings. The first-order valence-electron chi connectivity index (χ1n) is 6.63. The number of nitrogens with one attached hydrogen (secondary N) is 1. The van der Waals surface area contributed by atoms with Crippen molar-refractivity contribution < 1.29 is 9.90 Å².